The second-order valence-electron chi connectivity index (χ2n) is 4.67. The number of aryl methyl sites for hydroxylation is 1. The number of carbonyl (C=O) groups is 1. The predicted molar refractivity (Wildman–Crippen MR) is 91.0 cm³/mol. The monoisotopic (exact) mass is 320 g/mol. The molecule has 5 heteroatoms. The standard InChI is InChI=1S/C16H17ClN2OS/c1-11-2-5-13(18)10-15(11)19-16(20)8-9-21-14-6-3-12(17)4-7-14/h2-7,10H,8-9,18H2,1H3,(H,19,20). The average molecular weight is 321 g/mol. The Hall–Kier alpha value is -1.65. The van der Waals surface area contributed by atoms with Crippen molar-refractivity contribution in [1.29, 1.82) is 0 Å². The number of hydrogen-bond acceptors (Lipinski definition) is 3. The Bertz CT molecular complexity index is 629. The van der Waals surface area contributed by atoms with E-state index >= 15 is 0 Å². The van der Waals surface area contributed by atoms with Gasteiger partial charge in [-0.1, -0.05) is 17.7 Å². The van der Waals surface area contributed by atoms with Crippen molar-refractivity contribution < 1.29 is 4.79 Å². The van der Waals surface area contributed by atoms with Crippen molar-refractivity contribution in [2.24, 2.45) is 0 Å². The fourth-order valence-electron chi connectivity index (χ4n) is 1.78. The Balaban J connectivity index is 1.82. The first-order valence-corrected chi connectivity index (χ1v) is 7.95. The number of anilines is 2. The summed E-state index contributed by atoms with van der Waals surface area (Å²) in [5.74, 6) is 0.708. The molecular formula is C16H17ClN2OS. The highest BCUT2D eigenvalue weighted by atomic mass is 35.5. The van der Waals surface area contributed by atoms with Gasteiger partial charge in [0.05, 0.1) is 0 Å². The fraction of sp³-hybridized carbons (Fsp3) is 0.188. The molecule has 3 N–H and O–H groups in total. The summed E-state index contributed by atoms with van der Waals surface area (Å²) < 4.78 is 0. The van der Waals surface area contributed by atoms with E-state index in [0.717, 1.165) is 21.9 Å². The van der Waals surface area contributed by atoms with Crippen molar-refractivity contribution >= 4 is 40.6 Å². The molecule has 0 radical (unpaired) electrons. The van der Waals surface area contributed by atoms with Crippen LogP contribution in [-0.4, -0.2) is 11.7 Å². The Morgan fingerprint density at radius 3 is 2.67 bits per heavy atom. The molecule has 2 aromatic carbocycles. The minimum Gasteiger partial charge on any atom is -0.399 e. The van der Waals surface area contributed by atoms with Gasteiger partial charge in [0.2, 0.25) is 5.91 Å². The summed E-state index contributed by atoms with van der Waals surface area (Å²) in [5.41, 5.74) is 8.15. The molecule has 0 aliphatic carbocycles. The number of nitrogens with one attached hydrogen (secondary N) is 1. The van der Waals surface area contributed by atoms with Crippen LogP contribution < -0.4 is 11.1 Å². The SMILES string of the molecule is Cc1ccc(N)cc1NC(=O)CCSc1ccc(Cl)cc1. The van der Waals surface area contributed by atoms with E-state index in [1.54, 1.807) is 17.8 Å². The zero-order valence-electron chi connectivity index (χ0n) is 11.7. The van der Waals surface area contributed by atoms with Gasteiger partial charge in [0.15, 0.2) is 0 Å². The molecule has 0 saturated heterocycles. The van der Waals surface area contributed by atoms with E-state index in [1.807, 2.05) is 43.3 Å². The molecule has 110 valence electrons. The van der Waals surface area contributed by atoms with Crippen LogP contribution in [0.5, 0.6) is 0 Å². The van der Waals surface area contributed by atoms with E-state index in [-0.39, 0.29) is 5.91 Å². The Kier molecular flexibility index (Phi) is 5.53. The summed E-state index contributed by atoms with van der Waals surface area (Å²) in [7, 11) is 0. The van der Waals surface area contributed by atoms with Gasteiger partial charge in [-0.25, -0.2) is 0 Å². The number of thioether (sulfide) groups is 1. The quantitative estimate of drug-likeness (QED) is 0.636. The van der Waals surface area contributed by atoms with Crippen molar-refractivity contribution in [3.05, 3.63) is 53.1 Å². The third kappa shape index (κ3) is 4.99. The number of halogens is 1. The van der Waals surface area contributed by atoms with Crippen LogP contribution in [0.25, 0.3) is 0 Å². The number of hydrogen-bond donors (Lipinski definition) is 2. The molecule has 0 unspecified atom stereocenters. The molecule has 0 aliphatic rings. The molecule has 0 aromatic heterocycles. The molecule has 21 heavy (non-hydrogen) atoms. The van der Waals surface area contributed by atoms with Crippen molar-refractivity contribution in [2.75, 3.05) is 16.8 Å². The Morgan fingerprint density at radius 2 is 1.95 bits per heavy atom. The molecular weight excluding hydrogens is 304 g/mol. The van der Waals surface area contributed by atoms with Gasteiger partial charge in [-0.3, -0.25) is 4.79 Å². The van der Waals surface area contributed by atoms with Gasteiger partial charge in [-0.05, 0) is 48.9 Å². The lowest BCUT2D eigenvalue weighted by molar-refractivity contribution is -0.115. The number of nitrogen functional groups attached to an aromatic ring is 1. The largest absolute Gasteiger partial charge is 0.399 e. The summed E-state index contributed by atoms with van der Waals surface area (Å²) in [4.78, 5) is 13.0. The van der Waals surface area contributed by atoms with Crippen LogP contribution in [0.1, 0.15) is 12.0 Å². The van der Waals surface area contributed by atoms with Gasteiger partial charge in [0, 0.05) is 33.5 Å². The molecule has 0 spiro atoms. The van der Waals surface area contributed by atoms with Gasteiger partial charge in [0.25, 0.3) is 0 Å². The van der Waals surface area contributed by atoms with E-state index < -0.39 is 0 Å². The van der Waals surface area contributed by atoms with Crippen molar-refractivity contribution in [3.63, 3.8) is 0 Å². The second-order valence-corrected chi connectivity index (χ2v) is 6.28. The molecule has 0 saturated carbocycles. The molecule has 1 amide bonds. The van der Waals surface area contributed by atoms with Crippen molar-refractivity contribution in [2.45, 2.75) is 18.2 Å². The maximum absolute atomic E-state index is 11.9. The molecule has 0 atom stereocenters. The third-order valence-corrected chi connectivity index (χ3v) is 4.21. The zero-order valence-corrected chi connectivity index (χ0v) is 13.3. The van der Waals surface area contributed by atoms with Gasteiger partial charge in [-0.2, -0.15) is 0 Å². The molecule has 0 heterocycles. The molecule has 0 bridgehead atoms. The molecule has 2 aromatic rings. The maximum atomic E-state index is 11.9. The van der Waals surface area contributed by atoms with Gasteiger partial charge >= 0.3 is 0 Å². The third-order valence-electron chi connectivity index (χ3n) is 2.95. The van der Waals surface area contributed by atoms with Gasteiger partial charge in [-0.15, -0.1) is 11.8 Å². The maximum Gasteiger partial charge on any atom is 0.225 e. The molecule has 0 aliphatic heterocycles. The Labute approximate surface area is 133 Å². The smallest absolute Gasteiger partial charge is 0.225 e. The van der Waals surface area contributed by atoms with Crippen LogP contribution in [0.3, 0.4) is 0 Å². The minimum absolute atomic E-state index is 0.00911. The first-order valence-electron chi connectivity index (χ1n) is 6.59. The van der Waals surface area contributed by atoms with Crippen LogP contribution in [0.2, 0.25) is 5.02 Å². The van der Waals surface area contributed by atoms with Crippen LogP contribution >= 0.6 is 23.4 Å². The summed E-state index contributed by atoms with van der Waals surface area (Å²) in [6.07, 6.45) is 0.446. The van der Waals surface area contributed by atoms with E-state index in [4.69, 9.17) is 17.3 Å². The summed E-state index contributed by atoms with van der Waals surface area (Å²) in [6, 6.07) is 13.1. The van der Waals surface area contributed by atoms with Gasteiger partial charge < -0.3 is 11.1 Å². The minimum atomic E-state index is -0.00911. The summed E-state index contributed by atoms with van der Waals surface area (Å²) >= 11 is 7.46. The van der Waals surface area contributed by atoms with Crippen molar-refractivity contribution in [3.8, 4) is 0 Å². The lowest BCUT2D eigenvalue weighted by Crippen LogP contribution is -2.13. The number of carbonyl (C=O) groups excluding carboxylic acids is 1. The lowest BCUT2D eigenvalue weighted by Gasteiger charge is -2.09. The number of rotatable bonds is 5. The average Bonchev–Trinajstić information content (AvgIpc) is 2.45. The molecule has 2 rings (SSSR count). The molecule has 0 fully saturated rings. The summed E-state index contributed by atoms with van der Waals surface area (Å²) in [6.45, 7) is 1.94. The second kappa shape index (κ2) is 7.38. The van der Waals surface area contributed by atoms with Crippen LogP contribution in [0, 0.1) is 6.92 Å². The highest BCUT2D eigenvalue weighted by Gasteiger charge is 2.05. The van der Waals surface area contributed by atoms with Crippen molar-refractivity contribution in [1.82, 2.24) is 0 Å². The normalized spacial score (nSPS) is 10.4. The zero-order chi connectivity index (χ0) is 15.2. The predicted octanol–water partition coefficient (Wildman–Crippen LogP) is 4.35. The van der Waals surface area contributed by atoms with Crippen LogP contribution in [-0.2, 0) is 4.79 Å². The topological polar surface area (TPSA) is 55.1 Å². The number of benzene rings is 2. The number of nitrogens with two attached hydrogens (primary N) is 1. The van der Waals surface area contributed by atoms with E-state index in [0.29, 0.717) is 17.1 Å². The highest BCUT2D eigenvalue weighted by molar-refractivity contribution is 7.99. The Morgan fingerprint density at radius 1 is 1.24 bits per heavy atom. The van der Waals surface area contributed by atoms with Crippen LogP contribution in [0.15, 0.2) is 47.4 Å². The lowest BCUT2D eigenvalue weighted by atomic mass is 10.2. The first kappa shape index (κ1) is 15.7. The van der Waals surface area contributed by atoms with E-state index in [9.17, 15) is 4.79 Å². The fourth-order valence-corrected chi connectivity index (χ4v) is 2.76. The van der Waals surface area contributed by atoms with Crippen LogP contribution in [0.4, 0.5) is 11.4 Å². The first-order chi connectivity index (χ1) is 10.0. The molecule has 3 nitrogen and oxygen atoms in total. The summed E-state index contributed by atoms with van der Waals surface area (Å²) in [5, 5.41) is 3.61. The number of amides is 1. The van der Waals surface area contributed by atoms with E-state index in [2.05, 4.69) is 5.32 Å². The van der Waals surface area contributed by atoms with Gasteiger partial charge in [0.1, 0.15) is 0 Å². The van der Waals surface area contributed by atoms with E-state index in [1.165, 1.54) is 0 Å². The highest BCUT2D eigenvalue weighted by Crippen LogP contribution is 2.22.